The van der Waals surface area contributed by atoms with Crippen molar-refractivity contribution in [3.63, 3.8) is 0 Å². The fourth-order valence-electron chi connectivity index (χ4n) is 2.04. The van der Waals surface area contributed by atoms with Crippen LogP contribution < -0.4 is 4.90 Å². The summed E-state index contributed by atoms with van der Waals surface area (Å²) in [5.41, 5.74) is 1.38. The number of nitrogens with zero attached hydrogens (tertiary/aromatic N) is 2. The first kappa shape index (κ1) is 13.1. The summed E-state index contributed by atoms with van der Waals surface area (Å²) in [5.74, 6) is 0.143. The molecule has 4 heteroatoms. The average molecular weight is 307 g/mol. The molecule has 18 heavy (non-hydrogen) atoms. The van der Waals surface area contributed by atoms with Gasteiger partial charge >= 0.3 is 0 Å². The Morgan fingerprint density at radius 1 is 1.39 bits per heavy atom. The Kier molecular flexibility index (Phi) is 3.45. The highest BCUT2D eigenvalue weighted by Gasteiger charge is 2.29. The number of carbonyl (C=O) groups is 1. The van der Waals surface area contributed by atoms with Crippen molar-refractivity contribution in [1.29, 1.82) is 5.26 Å². The summed E-state index contributed by atoms with van der Waals surface area (Å²) in [7, 11) is 0. The number of alkyl halides is 1. The molecule has 1 aromatic carbocycles. The summed E-state index contributed by atoms with van der Waals surface area (Å²) in [6.07, 6.45) is 0.547. The van der Waals surface area contributed by atoms with Gasteiger partial charge < -0.3 is 4.90 Å². The van der Waals surface area contributed by atoms with E-state index in [1.807, 2.05) is 38.1 Å². The van der Waals surface area contributed by atoms with Gasteiger partial charge in [-0.2, -0.15) is 5.26 Å². The van der Waals surface area contributed by atoms with Crippen molar-refractivity contribution in [1.82, 2.24) is 0 Å². The van der Waals surface area contributed by atoms with Crippen LogP contribution in [0.15, 0.2) is 24.3 Å². The lowest BCUT2D eigenvalue weighted by Crippen LogP contribution is -2.24. The predicted molar refractivity (Wildman–Crippen MR) is 74.8 cm³/mol. The maximum absolute atomic E-state index is 11.8. The van der Waals surface area contributed by atoms with Gasteiger partial charge in [0, 0.05) is 23.5 Å². The monoisotopic (exact) mass is 306 g/mol. The third-order valence-corrected chi connectivity index (χ3v) is 3.87. The van der Waals surface area contributed by atoms with Crippen molar-refractivity contribution in [2.75, 3.05) is 11.4 Å². The Balaban J connectivity index is 2.24. The minimum absolute atomic E-state index is 0.143. The van der Waals surface area contributed by atoms with Gasteiger partial charge in [0.2, 0.25) is 5.91 Å². The van der Waals surface area contributed by atoms with E-state index in [-0.39, 0.29) is 10.7 Å². The van der Waals surface area contributed by atoms with E-state index in [9.17, 15) is 4.79 Å². The molecule has 0 N–H and O–H groups in total. The van der Waals surface area contributed by atoms with Gasteiger partial charge in [0.05, 0.1) is 11.5 Å². The number of hydrogen-bond donors (Lipinski definition) is 0. The van der Waals surface area contributed by atoms with E-state index in [4.69, 9.17) is 5.26 Å². The molecule has 1 aliphatic rings. The summed E-state index contributed by atoms with van der Waals surface area (Å²) in [6.45, 7) is 4.48. The first-order valence-corrected chi connectivity index (χ1v) is 6.82. The van der Waals surface area contributed by atoms with E-state index < -0.39 is 5.41 Å². The molecule has 2 rings (SSSR count). The summed E-state index contributed by atoms with van der Waals surface area (Å²) >= 11 is 3.47. The van der Waals surface area contributed by atoms with Crippen LogP contribution in [0.4, 0.5) is 5.69 Å². The first-order chi connectivity index (χ1) is 8.44. The molecule has 0 aliphatic carbocycles. The number of nitriles is 1. The molecule has 0 aromatic heterocycles. The minimum atomic E-state index is -0.495. The summed E-state index contributed by atoms with van der Waals surface area (Å²) < 4.78 is 0. The van der Waals surface area contributed by atoms with Crippen LogP contribution in [0, 0.1) is 11.3 Å². The summed E-state index contributed by atoms with van der Waals surface area (Å²) in [6, 6.07) is 9.95. The average Bonchev–Trinajstić information content (AvgIpc) is 2.69. The molecule has 1 fully saturated rings. The largest absolute Gasteiger partial charge is 0.311 e. The topological polar surface area (TPSA) is 44.1 Å². The van der Waals surface area contributed by atoms with E-state index >= 15 is 0 Å². The van der Waals surface area contributed by atoms with Crippen LogP contribution in [0.1, 0.15) is 25.8 Å². The second-order valence-corrected chi connectivity index (χ2v) is 6.38. The second kappa shape index (κ2) is 4.74. The van der Waals surface area contributed by atoms with Gasteiger partial charge in [0.15, 0.2) is 0 Å². The Bertz CT molecular complexity index is 502. The van der Waals surface area contributed by atoms with Gasteiger partial charge in [-0.1, -0.05) is 28.1 Å². The molecule has 3 nitrogen and oxygen atoms in total. The van der Waals surface area contributed by atoms with Gasteiger partial charge in [-0.3, -0.25) is 4.79 Å². The number of amides is 1. The number of hydrogen-bond acceptors (Lipinski definition) is 2. The molecular formula is C14H15BrN2O. The Labute approximate surface area is 116 Å². The molecule has 1 atom stereocenters. The summed E-state index contributed by atoms with van der Waals surface area (Å²) in [4.78, 5) is 13.8. The third-order valence-electron chi connectivity index (χ3n) is 3.26. The zero-order chi connectivity index (χ0) is 13.3. The van der Waals surface area contributed by atoms with Crippen LogP contribution in [0.25, 0.3) is 0 Å². The molecular weight excluding hydrogens is 292 g/mol. The van der Waals surface area contributed by atoms with Crippen molar-refractivity contribution in [3.05, 3.63) is 29.8 Å². The van der Waals surface area contributed by atoms with Gasteiger partial charge in [0.1, 0.15) is 0 Å². The lowest BCUT2D eigenvalue weighted by molar-refractivity contribution is -0.117. The third kappa shape index (κ3) is 2.41. The van der Waals surface area contributed by atoms with Crippen LogP contribution in [0.3, 0.4) is 0 Å². The predicted octanol–water partition coefficient (Wildman–Crippen LogP) is 2.99. The fourth-order valence-corrected chi connectivity index (χ4v) is 2.60. The highest BCUT2D eigenvalue weighted by molar-refractivity contribution is 9.09. The molecule has 0 saturated carbocycles. The highest BCUT2D eigenvalue weighted by atomic mass is 79.9. The van der Waals surface area contributed by atoms with E-state index in [1.165, 1.54) is 0 Å². The molecule has 1 heterocycles. The number of carbonyl (C=O) groups excluding carboxylic acids is 1. The van der Waals surface area contributed by atoms with Crippen molar-refractivity contribution in [2.45, 2.75) is 30.5 Å². The lowest BCUT2D eigenvalue weighted by Gasteiger charge is -2.19. The van der Waals surface area contributed by atoms with Gasteiger partial charge in [-0.25, -0.2) is 0 Å². The second-order valence-electron chi connectivity index (χ2n) is 5.09. The normalized spacial score (nSPS) is 20.0. The molecule has 1 saturated heterocycles. The SMILES string of the molecule is CC(C)(C#N)c1ccc(N2CC(Br)CC2=O)cc1. The Morgan fingerprint density at radius 2 is 2.00 bits per heavy atom. The number of halogens is 1. The van der Waals surface area contributed by atoms with E-state index in [2.05, 4.69) is 22.0 Å². The van der Waals surface area contributed by atoms with E-state index in [0.29, 0.717) is 13.0 Å². The molecule has 1 aliphatic heterocycles. The van der Waals surface area contributed by atoms with Gasteiger partial charge in [0.25, 0.3) is 0 Å². The number of anilines is 1. The Hall–Kier alpha value is -1.34. The number of benzene rings is 1. The number of rotatable bonds is 2. The van der Waals surface area contributed by atoms with Gasteiger partial charge in [-0.05, 0) is 31.5 Å². The molecule has 94 valence electrons. The maximum Gasteiger partial charge on any atom is 0.228 e. The smallest absolute Gasteiger partial charge is 0.228 e. The summed E-state index contributed by atoms with van der Waals surface area (Å²) in [5, 5.41) is 9.08. The van der Waals surface area contributed by atoms with E-state index in [1.54, 1.807) is 4.90 Å². The van der Waals surface area contributed by atoms with Crippen molar-refractivity contribution >= 4 is 27.5 Å². The molecule has 1 amide bonds. The first-order valence-electron chi connectivity index (χ1n) is 5.90. The van der Waals surface area contributed by atoms with Crippen LogP contribution in [0.5, 0.6) is 0 Å². The lowest BCUT2D eigenvalue weighted by atomic mass is 9.86. The molecule has 1 aromatic rings. The minimum Gasteiger partial charge on any atom is -0.311 e. The van der Waals surface area contributed by atoms with Crippen LogP contribution in [-0.2, 0) is 10.2 Å². The molecule has 0 spiro atoms. The van der Waals surface area contributed by atoms with Crippen molar-refractivity contribution in [2.24, 2.45) is 0 Å². The zero-order valence-electron chi connectivity index (χ0n) is 10.5. The molecule has 0 radical (unpaired) electrons. The van der Waals surface area contributed by atoms with Crippen LogP contribution in [0.2, 0.25) is 0 Å². The van der Waals surface area contributed by atoms with E-state index in [0.717, 1.165) is 11.3 Å². The van der Waals surface area contributed by atoms with Crippen LogP contribution >= 0.6 is 15.9 Å². The Morgan fingerprint density at radius 3 is 2.44 bits per heavy atom. The zero-order valence-corrected chi connectivity index (χ0v) is 12.1. The molecule has 0 bridgehead atoms. The van der Waals surface area contributed by atoms with Gasteiger partial charge in [-0.15, -0.1) is 0 Å². The maximum atomic E-state index is 11.8. The van der Waals surface area contributed by atoms with Crippen LogP contribution in [-0.4, -0.2) is 17.3 Å². The highest BCUT2D eigenvalue weighted by Crippen LogP contribution is 2.28. The molecule has 1 unspecified atom stereocenters. The standard InChI is InChI=1S/C14H15BrN2O/c1-14(2,9-16)10-3-5-12(6-4-10)17-8-11(15)7-13(17)18/h3-6,11H,7-8H2,1-2H3. The van der Waals surface area contributed by atoms with Crippen molar-refractivity contribution < 1.29 is 4.79 Å². The quantitative estimate of drug-likeness (QED) is 0.788. The van der Waals surface area contributed by atoms with Crippen molar-refractivity contribution in [3.8, 4) is 6.07 Å². The fraction of sp³-hybridized carbons (Fsp3) is 0.429.